The summed E-state index contributed by atoms with van der Waals surface area (Å²) in [7, 11) is 0. The third-order valence-corrected chi connectivity index (χ3v) is 4.28. The van der Waals surface area contributed by atoms with E-state index in [0.29, 0.717) is 16.6 Å². The molecule has 1 amide bonds. The number of aromatic nitrogens is 2. The van der Waals surface area contributed by atoms with Crippen LogP contribution >= 0.6 is 36.2 Å². The van der Waals surface area contributed by atoms with E-state index in [0.717, 1.165) is 11.4 Å². The number of aryl methyl sites for hydroxylation is 2. The first-order valence-corrected chi connectivity index (χ1v) is 7.34. The topological polar surface area (TPSA) is 80.9 Å². The number of nitrogens with one attached hydrogen (secondary N) is 1. The number of halogens is 2. The Bertz CT molecular complexity index is 677. The van der Waals surface area contributed by atoms with Crippen molar-refractivity contribution in [3.63, 3.8) is 0 Å². The molecule has 0 spiro atoms. The number of nitrogens with zero attached hydrogens (tertiary/aromatic N) is 2. The lowest BCUT2D eigenvalue weighted by Gasteiger charge is -2.08. The Morgan fingerprint density at radius 3 is 2.55 bits per heavy atom. The molecule has 0 saturated heterocycles. The molecule has 2 atom stereocenters. The summed E-state index contributed by atoms with van der Waals surface area (Å²) >= 11 is 1.36. The lowest BCUT2D eigenvalue weighted by molar-refractivity contribution is 0.102. The predicted molar refractivity (Wildman–Crippen MR) is 93.6 cm³/mol. The summed E-state index contributed by atoms with van der Waals surface area (Å²) in [5.74, 6) is 0.239. The quantitative estimate of drug-likeness (QED) is 0.880. The summed E-state index contributed by atoms with van der Waals surface area (Å²) in [6.07, 6.45) is 1.00. The summed E-state index contributed by atoms with van der Waals surface area (Å²) in [6, 6.07) is 5.98. The molecule has 5 nitrogen and oxygen atoms in total. The van der Waals surface area contributed by atoms with Crippen molar-refractivity contribution in [2.75, 3.05) is 5.32 Å². The van der Waals surface area contributed by atoms with Gasteiger partial charge in [-0.1, -0.05) is 17.4 Å². The second-order valence-electron chi connectivity index (χ2n) is 5.16. The molecule has 1 fully saturated rings. The first kappa shape index (κ1) is 18.8. The van der Waals surface area contributed by atoms with Gasteiger partial charge in [-0.3, -0.25) is 10.1 Å². The van der Waals surface area contributed by atoms with Crippen molar-refractivity contribution in [1.82, 2.24) is 10.2 Å². The van der Waals surface area contributed by atoms with Gasteiger partial charge < -0.3 is 5.73 Å². The van der Waals surface area contributed by atoms with Crippen molar-refractivity contribution in [2.24, 2.45) is 5.73 Å². The Hall–Kier alpha value is -1.21. The summed E-state index contributed by atoms with van der Waals surface area (Å²) in [4.78, 5) is 12.2. The number of benzene rings is 1. The zero-order valence-corrected chi connectivity index (χ0v) is 14.6. The summed E-state index contributed by atoms with van der Waals surface area (Å²) in [5.41, 5.74) is 8.90. The highest BCUT2D eigenvalue weighted by Gasteiger charge is 2.36. The SMILES string of the molecule is Cc1nnc(NC(=O)c2ccc(C)c([C@@H]3C[C@H]3N)c2)s1.Cl.Cl. The van der Waals surface area contributed by atoms with E-state index >= 15 is 0 Å². The van der Waals surface area contributed by atoms with Crippen LogP contribution in [-0.2, 0) is 0 Å². The molecule has 22 heavy (non-hydrogen) atoms. The fourth-order valence-electron chi connectivity index (χ4n) is 2.27. The first-order chi connectivity index (χ1) is 9.54. The fraction of sp³-hybridized carbons (Fsp3) is 0.357. The van der Waals surface area contributed by atoms with Gasteiger partial charge in [-0.2, -0.15) is 0 Å². The van der Waals surface area contributed by atoms with E-state index in [-0.39, 0.29) is 36.8 Å². The summed E-state index contributed by atoms with van der Waals surface area (Å²) in [5, 5.41) is 11.9. The van der Waals surface area contributed by atoms with Gasteiger partial charge in [0.15, 0.2) is 0 Å². The molecule has 1 aliphatic rings. The molecular formula is C14H18Cl2N4OS. The van der Waals surface area contributed by atoms with Crippen LogP contribution in [0, 0.1) is 13.8 Å². The van der Waals surface area contributed by atoms with Crippen LogP contribution in [0.15, 0.2) is 18.2 Å². The van der Waals surface area contributed by atoms with Crippen molar-refractivity contribution in [2.45, 2.75) is 32.2 Å². The Labute approximate surface area is 145 Å². The minimum Gasteiger partial charge on any atom is -0.327 e. The maximum Gasteiger partial charge on any atom is 0.257 e. The molecule has 1 heterocycles. The molecule has 2 aromatic rings. The smallest absolute Gasteiger partial charge is 0.257 e. The van der Waals surface area contributed by atoms with Gasteiger partial charge >= 0.3 is 0 Å². The molecule has 0 radical (unpaired) electrons. The van der Waals surface area contributed by atoms with E-state index in [2.05, 4.69) is 22.4 Å². The number of carbonyl (C=O) groups excluding carboxylic acids is 1. The largest absolute Gasteiger partial charge is 0.327 e. The molecule has 0 unspecified atom stereocenters. The van der Waals surface area contributed by atoms with Crippen LogP contribution in [0.25, 0.3) is 0 Å². The Kier molecular flexibility index (Phi) is 6.31. The molecule has 1 aromatic carbocycles. The van der Waals surface area contributed by atoms with Gasteiger partial charge in [0.1, 0.15) is 5.01 Å². The van der Waals surface area contributed by atoms with E-state index in [1.165, 1.54) is 22.5 Å². The minimum atomic E-state index is -0.156. The Morgan fingerprint density at radius 1 is 1.32 bits per heavy atom. The normalized spacial score (nSPS) is 18.9. The third kappa shape index (κ3) is 3.95. The van der Waals surface area contributed by atoms with Gasteiger partial charge in [-0.25, -0.2) is 0 Å². The zero-order chi connectivity index (χ0) is 14.3. The highest BCUT2D eigenvalue weighted by molar-refractivity contribution is 7.15. The van der Waals surface area contributed by atoms with Gasteiger partial charge in [0.2, 0.25) is 5.13 Å². The molecule has 1 saturated carbocycles. The second-order valence-corrected chi connectivity index (χ2v) is 6.34. The number of rotatable bonds is 3. The molecule has 120 valence electrons. The molecule has 1 aromatic heterocycles. The predicted octanol–water partition coefficient (Wildman–Crippen LogP) is 3.07. The molecule has 3 N–H and O–H groups in total. The zero-order valence-electron chi connectivity index (χ0n) is 12.2. The van der Waals surface area contributed by atoms with Crippen molar-refractivity contribution >= 4 is 47.2 Å². The average molecular weight is 361 g/mol. The Balaban J connectivity index is 0.00000121. The number of carbonyl (C=O) groups is 1. The van der Waals surface area contributed by atoms with Crippen molar-refractivity contribution < 1.29 is 4.79 Å². The highest BCUT2D eigenvalue weighted by atomic mass is 35.5. The molecule has 8 heteroatoms. The van der Waals surface area contributed by atoms with Gasteiger partial charge in [0, 0.05) is 17.5 Å². The van der Waals surface area contributed by atoms with E-state index in [1.807, 2.05) is 25.1 Å². The van der Waals surface area contributed by atoms with Crippen molar-refractivity contribution in [3.8, 4) is 0 Å². The monoisotopic (exact) mass is 360 g/mol. The van der Waals surface area contributed by atoms with Gasteiger partial charge in [-0.05, 0) is 43.5 Å². The van der Waals surface area contributed by atoms with Gasteiger partial charge in [0.05, 0.1) is 0 Å². The Morgan fingerprint density at radius 2 is 2.00 bits per heavy atom. The summed E-state index contributed by atoms with van der Waals surface area (Å²) < 4.78 is 0. The van der Waals surface area contributed by atoms with Crippen LogP contribution in [0.1, 0.15) is 38.8 Å². The first-order valence-electron chi connectivity index (χ1n) is 6.52. The maximum absolute atomic E-state index is 12.2. The van der Waals surface area contributed by atoms with E-state index in [1.54, 1.807) is 0 Å². The molecule has 0 aliphatic heterocycles. The second kappa shape index (κ2) is 7.37. The average Bonchev–Trinajstić information content (AvgIpc) is 2.99. The van der Waals surface area contributed by atoms with Crippen LogP contribution in [-0.4, -0.2) is 22.1 Å². The summed E-state index contributed by atoms with van der Waals surface area (Å²) in [6.45, 7) is 3.90. The van der Waals surface area contributed by atoms with Crippen LogP contribution in [0.4, 0.5) is 5.13 Å². The van der Waals surface area contributed by atoms with E-state index in [4.69, 9.17) is 5.73 Å². The van der Waals surface area contributed by atoms with Crippen molar-refractivity contribution in [1.29, 1.82) is 0 Å². The lowest BCUT2D eigenvalue weighted by atomic mass is 10.0. The van der Waals surface area contributed by atoms with Crippen molar-refractivity contribution in [3.05, 3.63) is 39.9 Å². The van der Waals surface area contributed by atoms with Crippen LogP contribution in [0.3, 0.4) is 0 Å². The van der Waals surface area contributed by atoms with Gasteiger partial charge in [0.25, 0.3) is 5.91 Å². The number of hydrogen-bond donors (Lipinski definition) is 2. The van der Waals surface area contributed by atoms with E-state index < -0.39 is 0 Å². The minimum absolute atomic E-state index is 0. The fourth-order valence-corrected chi connectivity index (χ4v) is 2.86. The number of anilines is 1. The maximum atomic E-state index is 12.2. The molecular weight excluding hydrogens is 343 g/mol. The van der Waals surface area contributed by atoms with Crippen LogP contribution < -0.4 is 11.1 Å². The van der Waals surface area contributed by atoms with Crippen LogP contribution in [0.5, 0.6) is 0 Å². The highest BCUT2D eigenvalue weighted by Crippen LogP contribution is 2.40. The number of amides is 1. The standard InChI is InChI=1S/C14H16N4OS.2ClH/c1-7-3-4-9(5-10(7)11-6-12(11)15)13(19)16-14-18-17-8(2)20-14;;/h3-5,11-12H,6,15H2,1-2H3,(H,16,18,19);2*1H/t11-,12+;;/m0../s1. The van der Waals surface area contributed by atoms with E-state index in [9.17, 15) is 4.79 Å². The number of hydrogen-bond acceptors (Lipinski definition) is 5. The lowest BCUT2D eigenvalue weighted by Crippen LogP contribution is -2.12. The molecule has 1 aliphatic carbocycles. The molecule has 0 bridgehead atoms. The van der Waals surface area contributed by atoms with Gasteiger partial charge in [-0.15, -0.1) is 35.0 Å². The third-order valence-electron chi connectivity index (χ3n) is 3.53. The van der Waals surface area contributed by atoms with Crippen LogP contribution in [0.2, 0.25) is 0 Å². The molecule has 3 rings (SSSR count). The number of nitrogens with two attached hydrogens (primary N) is 1.